The van der Waals surface area contributed by atoms with Crippen LogP contribution in [0.25, 0.3) is 20.8 Å². The van der Waals surface area contributed by atoms with Gasteiger partial charge in [0.05, 0.1) is 65.1 Å². The number of anilines is 6. The molecule has 8 rings (SSSR count). The van der Waals surface area contributed by atoms with Crippen LogP contribution in [-0.2, 0) is 10.8 Å². The van der Waals surface area contributed by atoms with Gasteiger partial charge in [-0.05, 0) is 95.5 Å². The zero-order valence-electron chi connectivity index (χ0n) is 26.9. The van der Waals surface area contributed by atoms with Gasteiger partial charge in [-0.2, -0.15) is 5.26 Å². The SMILES string of the molecule is [C-]#[N+]c1c(C#N)c(N2c3ccncc3N(c3c(C)cccc3C)c3cc(-c4ccccc4)ccc32)c2c(c1[N+]#[C-])C1(C)CCC2(C)C1. The molecule has 0 radical (unpaired) electrons. The van der Waals surface area contributed by atoms with Crippen molar-refractivity contribution in [1.82, 2.24) is 4.98 Å². The number of benzene rings is 4. The van der Waals surface area contributed by atoms with Gasteiger partial charge in [-0.1, -0.05) is 68.4 Å². The van der Waals surface area contributed by atoms with Gasteiger partial charge in [0.1, 0.15) is 0 Å². The molecule has 1 fully saturated rings. The maximum atomic E-state index is 10.9. The number of para-hydroxylation sites is 1. The van der Waals surface area contributed by atoms with Crippen LogP contribution in [0.2, 0.25) is 0 Å². The summed E-state index contributed by atoms with van der Waals surface area (Å²) in [6, 6.07) is 27.7. The quantitative estimate of drug-likeness (QED) is 0.188. The number of nitriles is 1. The molecule has 6 nitrogen and oxygen atoms in total. The number of rotatable bonds is 3. The highest BCUT2D eigenvalue weighted by atomic mass is 15.3. The van der Waals surface area contributed by atoms with Crippen molar-refractivity contribution in [1.29, 1.82) is 5.26 Å². The molecule has 226 valence electrons. The minimum atomic E-state index is -0.230. The Labute approximate surface area is 275 Å². The Balaban J connectivity index is 1.52. The monoisotopic (exact) mass is 608 g/mol. The van der Waals surface area contributed by atoms with Crippen molar-refractivity contribution in [2.24, 2.45) is 0 Å². The molecule has 0 saturated heterocycles. The lowest BCUT2D eigenvalue weighted by molar-refractivity contribution is 0.484. The lowest BCUT2D eigenvalue weighted by atomic mass is 9.74. The average Bonchev–Trinajstić information content (AvgIpc) is 3.53. The van der Waals surface area contributed by atoms with Crippen LogP contribution in [0.3, 0.4) is 0 Å². The van der Waals surface area contributed by atoms with Gasteiger partial charge >= 0.3 is 0 Å². The smallest absolute Gasteiger partial charge is 0.214 e. The largest absolute Gasteiger partial charge is 0.306 e. The highest BCUT2D eigenvalue weighted by Crippen LogP contribution is 2.69. The summed E-state index contributed by atoms with van der Waals surface area (Å²) in [6.07, 6.45) is 6.51. The first kappa shape index (κ1) is 28.6. The summed E-state index contributed by atoms with van der Waals surface area (Å²) in [5, 5.41) is 10.9. The molecule has 1 saturated carbocycles. The van der Waals surface area contributed by atoms with Gasteiger partial charge in [-0.3, -0.25) is 4.98 Å². The molecule has 2 unspecified atom stereocenters. The van der Waals surface area contributed by atoms with E-state index in [1.54, 1.807) is 6.20 Å². The van der Waals surface area contributed by atoms with Gasteiger partial charge in [0, 0.05) is 6.20 Å². The molecule has 2 bridgehead atoms. The maximum absolute atomic E-state index is 10.9. The minimum Gasteiger partial charge on any atom is -0.306 e. The summed E-state index contributed by atoms with van der Waals surface area (Å²) in [7, 11) is 0. The van der Waals surface area contributed by atoms with Gasteiger partial charge in [-0.25, -0.2) is 9.69 Å². The first-order valence-electron chi connectivity index (χ1n) is 15.9. The number of pyridine rings is 1. The van der Waals surface area contributed by atoms with E-state index in [0.717, 1.165) is 86.8 Å². The van der Waals surface area contributed by atoms with Crippen molar-refractivity contribution in [3.05, 3.63) is 136 Å². The second-order valence-electron chi connectivity index (χ2n) is 13.6. The van der Waals surface area contributed by atoms with E-state index in [0.29, 0.717) is 5.69 Å². The van der Waals surface area contributed by atoms with Crippen LogP contribution in [0.1, 0.15) is 60.9 Å². The van der Waals surface area contributed by atoms with Crippen molar-refractivity contribution in [2.75, 3.05) is 9.80 Å². The molecular weight excluding hydrogens is 576 g/mol. The fraction of sp³-hybridized carbons (Fsp3) is 0.220. The summed E-state index contributed by atoms with van der Waals surface area (Å²) in [6.45, 7) is 25.3. The molecule has 47 heavy (non-hydrogen) atoms. The number of aryl methyl sites for hydroxylation is 2. The number of nitrogens with zero attached hydrogens (tertiary/aromatic N) is 6. The van der Waals surface area contributed by atoms with Crippen LogP contribution in [0, 0.1) is 38.3 Å². The van der Waals surface area contributed by atoms with Gasteiger partial charge in [0.25, 0.3) is 0 Å². The third kappa shape index (κ3) is 3.84. The molecule has 2 aliphatic carbocycles. The normalized spacial score (nSPS) is 20.1. The Hall–Kier alpha value is -5.90. The zero-order valence-corrected chi connectivity index (χ0v) is 26.9. The van der Waals surface area contributed by atoms with E-state index in [-0.39, 0.29) is 22.1 Å². The van der Waals surface area contributed by atoms with Crippen LogP contribution in [0.5, 0.6) is 0 Å². The van der Waals surface area contributed by atoms with Crippen molar-refractivity contribution in [2.45, 2.75) is 57.8 Å². The molecule has 6 heteroatoms. The van der Waals surface area contributed by atoms with E-state index in [9.17, 15) is 5.26 Å². The van der Waals surface area contributed by atoms with Crippen LogP contribution >= 0.6 is 0 Å². The number of fused-ring (bicyclic) bond motifs is 7. The lowest BCUT2D eigenvalue weighted by Crippen LogP contribution is -2.29. The van der Waals surface area contributed by atoms with Crippen molar-refractivity contribution < 1.29 is 0 Å². The van der Waals surface area contributed by atoms with Gasteiger partial charge < -0.3 is 9.80 Å². The molecule has 0 amide bonds. The van der Waals surface area contributed by atoms with E-state index in [2.05, 4.69) is 107 Å². The Kier molecular flexibility index (Phi) is 6.11. The molecule has 3 aliphatic rings. The van der Waals surface area contributed by atoms with Gasteiger partial charge in [0.15, 0.2) is 5.69 Å². The van der Waals surface area contributed by atoms with Crippen LogP contribution in [0.4, 0.5) is 45.5 Å². The first-order chi connectivity index (χ1) is 22.7. The zero-order chi connectivity index (χ0) is 32.7. The van der Waals surface area contributed by atoms with Crippen LogP contribution in [0.15, 0.2) is 85.2 Å². The molecule has 0 N–H and O–H groups in total. The molecule has 0 spiro atoms. The van der Waals surface area contributed by atoms with Crippen LogP contribution < -0.4 is 9.80 Å². The number of aromatic nitrogens is 1. The third-order valence-corrected chi connectivity index (χ3v) is 10.7. The Morgan fingerprint density at radius 2 is 1.38 bits per heavy atom. The number of hydrogen-bond acceptors (Lipinski definition) is 4. The van der Waals surface area contributed by atoms with E-state index in [4.69, 9.17) is 13.1 Å². The Morgan fingerprint density at radius 3 is 2.06 bits per heavy atom. The second kappa shape index (κ2) is 10.1. The van der Waals surface area contributed by atoms with E-state index >= 15 is 0 Å². The Bertz CT molecular complexity index is 2260. The van der Waals surface area contributed by atoms with Crippen LogP contribution in [-0.4, -0.2) is 4.98 Å². The van der Waals surface area contributed by atoms with E-state index in [1.807, 2.05) is 30.5 Å². The summed E-state index contributed by atoms with van der Waals surface area (Å²) < 4.78 is 0. The minimum absolute atomic E-state index is 0.156. The van der Waals surface area contributed by atoms with Crippen molar-refractivity contribution in [3.8, 4) is 17.2 Å². The predicted octanol–water partition coefficient (Wildman–Crippen LogP) is 11.3. The topological polar surface area (TPSA) is 51.9 Å². The molecule has 1 aliphatic heterocycles. The Morgan fingerprint density at radius 1 is 0.723 bits per heavy atom. The molecule has 2 heterocycles. The fourth-order valence-electron chi connectivity index (χ4n) is 8.79. The average molecular weight is 609 g/mol. The molecule has 2 atom stereocenters. The van der Waals surface area contributed by atoms with Gasteiger partial charge in [-0.15, -0.1) is 0 Å². The van der Waals surface area contributed by atoms with Gasteiger partial charge in [0.2, 0.25) is 5.69 Å². The predicted molar refractivity (Wildman–Crippen MR) is 188 cm³/mol. The summed E-state index contributed by atoms with van der Waals surface area (Å²) in [5.41, 5.74) is 12.2. The summed E-state index contributed by atoms with van der Waals surface area (Å²) in [4.78, 5) is 17.0. The molecule has 1 aromatic heterocycles. The standard InChI is InChI=1S/C41H32N6/c1-25-11-10-12-26(2)38(25)47-32-21-28(27-13-8-7-9-14-27)15-16-30(32)46(31-17-20-45-23-33(31)47)39-29(22-42)36(43-5)37(44-6)34-35(39)41(4)19-18-40(34,3)24-41/h7-17,20-21,23H,18-19,24H2,1-4H3. The highest BCUT2D eigenvalue weighted by Gasteiger charge is 2.57. The van der Waals surface area contributed by atoms with E-state index < -0.39 is 0 Å². The third-order valence-electron chi connectivity index (χ3n) is 10.7. The molecule has 4 aromatic carbocycles. The maximum Gasteiger partial charge on any atom is 0.214 e. The van der Waals surface area contributed by atoms with Crippen molar-refractivity contribution >= 4 is 45.5 Å². The van der Waals surface area contributed by atoms with Crippen molar-refractivity contribution in [3.63, 3.8) is 0 Å². The lowest BCUT2D eigenvalue weighted by Gasteiger charge is -2.44. The first-order valence-corrected chi connectivity index (χ1v) is 15.9. The summed E-state index contributed by atoms with van der Waals surface area (Å²) in [5.74, 6) is 0. The molecular formula is C41H32N6. The fourth-order valence-corrected chi connectivity index (χ4v) is 8.79. The second-order valence-corrected chi connectivity index (χ2v) is 13.6. The summed E-state index contributed by atoms with van der Waals surface area (Å²) >= 11 is 0. The number of hydrogen-bond donors (Lipinski definition) is 0. The highest BCUT2D eigenvalue weighted by molar-refractivity contribution is 6.06. The van der Waals surface area contributed by atoms with E-state index in [1.165, 1.54) is 0 Å². The molecule has 5 aromatic rings.